The van der Waals surface area contributed by atoms with Crippen molar-refractivity contribution >= 4 is 45.7 Å². The van der Waals surface area contributed by atoms with Gasteiger partial charge in [0.1, 0.15) is 0 Å². The molecule has 0 amide bonds. The number of carboxylic acid groups (broad SMARTS) is 1. The first-order valence-corrected chi connectivity index (χ1v) is 11.2. The van der Waals surface area contributed by atoms with E-state index in [9.17, 15) is 24.6 Å². The van der Waals surface area contributed by atoms with Crippen molar-refractivity contribution in [3.05, 3.63) is 55.8 Å². The fourth-order valence-electron chi connectivity index (χ4n) is 4.74. The van der Waals surface area contributed by atoms with E-state index in [1.807, 2.05) is 0 Å². The van der Waals surface area contributed by atoms with Gasteiger partial charge in [0.2, 0.25) is 5.95 Å². The largest absolute Gasteiger partial charge is 0.464 e. The summed E-state index contributed by atoms with van der Waals surface area (Å²) in [4.78, 5) is 43.0. The third-order valence-corrected chi connectivity index (χ3v) is 6.86. The molecule has 11 nitrogen and oxygen atoms in total. The molecule has 1 aromatic carbocycles. The van der Waals surface area contributed by atoms with E-state index in [0.29, 0.717) is 28.3 Å². The Labute approximate surface area is 197 Å². The molecule has 12 heteroatoms. The van der Waals surface area contributed by atoms with Gasteiger partial charge in [0, 0.05) is 24.5 Å². The van der Waals surface area contributed by atoms with E-state index in [1.165, 1.54) is 11.6 Å². The Morgan fingerprint density at radius 3 is 2.68 bits per heavy atom. The minimum atomic E-state index is -1.25. The maximum absolute atomic E-state index is 13.4. The fourth-order valence-corrected chi connectivity index (χ4v) is 4.96. The van der Waals surface area contributed by atoms with Crippen molar-refractivity contribution < 1.29 is 15.0 Å². The predicted octanol–water partition coefficient (Wildman–Crippen LogP) is 1.94. The third-order valence-electron chi connectivity index (χ3n) is 6.53. The summed E-state index contributed by atoms with van der Waals surface area (Å²) in [5.41, 5.74) is -0.247. The zero-order chi connectivity index (χ0) is 24.3. The molecule has 3 heterocycles. The van der Waals surface area contributed by atoms with Gasteiger partial charge in [0.05, 0.1) is 29.9 Å². The highest BCUT2D eigenvalue weighted by atomic mass is 35.5. The van der Waals surface area contributed by atoms with Crippen LogP contribution in [0.2, 0.25) is 5.02 Å². The quantitative estimate of drug-likeness (QED) is 0.401. The van der Waals surface area contributed by atoms with Gasteiger partial charge in [0.25, 0.3) is 5.56 Å². The first kappa shape index (κ1) is 22.2. The van der Waals surface area contributed by atoms with E-state index in [1.54, 1.807) is 35.9 Å². The molecule has 178 valence electrons. The van der Waals surface area contributed by atoms with Crippen molar-refractivity contribution in [1.82, 2.24) is 23.3 Å². The van der Waals surface area contributed by atoms with Crippen LogP contribution in [0, 0.1) is 0 Å². The van der Waals surface area contributed by atoms with Crippen LogP contribution in [0.15, 0.2) is 33.9 Å². The minimum Gasteiger partial charge on any atom is -0.464 e. The SMILES string of the molecule is Cn1c(N[C@@H]2CCC[C@@H]2O)nc2c1c(=O)n(Cc1cc3c(Cl)cccc3n1C(=O)O)c(=O)n2C. The van der Waals surface area contributed by atoms with E-state index in [4.69, 9.17) is 11.6 Å². The highest BCUT2D eigenvalue weighted by molar-refractivity contribution is 6.35. The molecule has 3 N–H and O–H groups in total. The number of nitrogens with one attached hydrogen (secondary N) is 1. The van der Waals surface area contributed by atoms with Crippen LogP contribution in [0.3, 0.4) is 0 Å². The zero-order valence-electron chi connectivity index (χ0n) is 18.5. The molecule has 3 aromatic heterocycles. The number of benzene rings is 1. The van der Waals surface area contributed by atoms with Gasteiger partial charge in [-0.25, -0.2) is 14.2 Å². The maximum Gasteiger partial charge on any atom is 0.416 e. The number of hydrogen-bond donors (Lipinski definition) is 3. The smallest absolute Gasteiger partial charge is 0.416 e. The molecular formula is C22H23ClN6O5. The van der Waals surface area contributed by atoms with E-state index in [0.717, 1.165) is 22.0 Å². The van der Waals surface area contributed by atoms with Gasteiger partial charge in [-0.2, -0.15) is 4.98 Å². The molecule has 0 radical (unpaired) electrons. The van der Waals surface area contributed by atoms with Crippen LogP contribution in [-0.4, -0.2) is 51.7 Å². The fraction of sp³-hybridized carbons (Fsp3) is 0.364. The molecule has 34 heavy (non-hydrogen) atoms. The number of halogens is 1. The maximum atomic E-state index is 13.4. The molecule has 0 aliphatic heterocycles. The monoisotopic (exact) mass is 486 g/mol. The molecule has 0 bridgehead atoms. The second-order valence-electron chi connectivity index (χ2n) is 8.57. The molecule has 1 aliphatic carbocycles. The number of imidazole rings is 1. The second-order valence-corrected chi connectivity index (χ2v) is 8.98. The molecule has 4 aromatic rings. The summed E-state index contributed by atoms with van der Waals surface area (Å²) < 4.78 is 4.82. The van der Waals surface area contributed by atoms with E-state index >= 15 is 0 Å². The Morgan fingerprint density at radius 1 is 1.24 bits per heavy atom. The van der Waals surface area contributed by atoms with Crippen LogP contribution in [-0.2, 0) is 20.6 Å². The number of rotatable bonds is 4. The van der Waals surface area contributed by atoms with Crippen molar-refractivity contribution in [3.8, 4) is 0 Å². The lowest BCUT2D eigenvalue weighted by Gasteiger charge is -2.16. The van der Waals surface area contributed by atoms with Crippen LogP contribution in [0.1, 0.15) is 25.0 Å². The van der Waals surface area contributed by atoms with Crippen molar-refractivity contribution in [2.75, 3.05) is 5.32 Å². The summed E-state index contributed by atoms with van der Waals surface area (Å²) in [7, 11) is 3.16. The number of aliphatic hydroxyl groups is 1. The Kier molecular flexibility index (Phi) is 5.25. The van der Waals surface area contributed by atoms with Gasteiger partial charge in [0.15, 0.2) is 11.2 Å². The standard InChI is InChI=1S/C22H23ClN6O5/c1-26-17-18(25-20(26)24-14-6-4-8-16(14)30)27(2)21(32)28(19(17)31)10-11-9-12-13(23)5-3-7-15(12)29(11)22(33)34/h3,5,7,9,14,16,30H,4,6,8,10H2,1-2H3,(H,24,25)(H,33,34)/t14-,16+/m1/s1. The van der Waals surface area contributed by atoms with Crippen molar-refractivity contribution in [2.24, 2.45) is 14.1 Å². The molecular weight excluding hydrogens is 464 g/mol. The summed E-state index contributed by atoms with van der Waals surface area (Å²) >= 11 is 6.24. The number of carbonyl (C=O) groups is 1. The Balaban J connectivity index is 1.66. The highest BCUT2D eigenvalue weighted by Gasteiger charge is 2.28. The van der Waals surface area contributed by atoms with E-state index in [-0.39, 0.29) is 29.4 Å². The minimum absolute atomic E-state index is 0.188. The summed E-state index contributed by atoms with van der Waals surface area (Å²) in [6.07, 6.45) is 0.588. The van der Waals surface area contributed by atoms with Crippen molar-refractivity contribution in [2.45, 2.75) is 38.0 Å². The topological polar surface area (TPSA) is 136 Å². The van der Waals surface area contributed by atoms with Crippen LogP contribution in [0.5, 0.6) is 0 Å². The molecule has 0 unspecified atom stereocenters. The van der Waals surface area contributed by atoms with Crippen LogP contribution in [0.25, 0.3) is 22.1 Å². The molecule has 0 spiro atoms. The first-order chi connectivity index (χ1) is 16.2. The molecule has 5 rings (SSSR count). The summed E-state index contributed by atoms with van der Waals surface area (Å²) in [6.45, 7) is -0.270. The summed E-state index contributed by atoms with van der Waals surface area (Å²) in [5, 5.41) is 24.0. The average Bonchev–Trinajstić information content (AvgIpc) is 3.46. The first-order valence-electron chi connectivity index (χ1n) is 10.8. The lowest BCUT2D eigenvalue weighted by Crippen LogP contribution is -2.40. The predicted molar refractivity (Wildman–Crippen MR) is 127 cm³/mol. The van der Waals surface area contributed by atoms with E-state index in [2.05, 4.69) is 10.3 Å². The number of hydrogen-bond acceptors (Lipinski definition) is 6. The van der Waals surface area contributed by atoms with Gasteiger partial charge in [-0.3, -0.25) is 13.9 Å². The van der Waals surface area contributed by atoms with Crippen LogP contribution in [0.4, 0.5) is 10.7 Å². The molecule has 2 atom stereocenters. The van der Waals surface area contributed by atoms with Gasteiger partial charge in [-0.05, 0) is 37.5 Å². The molecule has 0 saturated heterocycles. The summed E-state index contributed by atoms with van der Waals surface area (Å²) in [5.74, 6) is 0.372. The normalized spacial score (nSPS) is 18.2. The molecule has 1 aliphatic rings. The molecule has 1 fully saturated rings. The number of fused-ring (bicyclic) bond motifs is 2. The number of aromatic nitrogens is 5. The van der Waals surface area contributed by atoms with Crippen molar-refractivity contribution in [3.63, 3.8) is 0 Å². The van der Waals surface area contributed by atoms with Gasteiger partial charge < -0.3 is 20.1 Å². The lowest BCUT2D eigenvalue weighted by molar-refractivity contribution is 0.171. The number of aliphatic hydroxyl groups excluding tert-OH is 1. The Hall–Kier alpha value is -3.57. The lowest BCUT2D eigenvalue weighted by atomic mass is 10.2. The zero-order valence-corrected chi connectivity index (χ0v) is 19.3. The van der Waals surface area contributed by atoms with Crippen molar-refractivity contribution in [1.29, 1.82) is 0 Å². The highest BCUT2D eigenvalue weighted by Crippen LogP contribution is 2.27. The number of anilines is 1. The van der Waals surface area contributed by atoms with Crippen LogP contribution < -0.4 is 16.6 Å². The molecule has 1 saturated carbocycles. The summed E-state index contributed by atoms with van der Waals surface area (Å²) in [6, 6.07) is 6.27. The average molecular weight is 487 g/mol. The second kappa shape index (κ2) is 8.03. The van der Waals surface area contributed by atoms with Gasteiger partial charge in [-0.15, -0.1) is 0 Å². The van der Waals surface area contributed by atoms with Gasteiger partial charge in [-0.1, -0.05) is 17.7 Å². The van der Waals surface area contributed by atoms with Crippen LogP contribution >= 0.6 is 11.6 Å². The number of nitrogens with zero attached hydrogens (tertiary/aromatic N) is 5. The Morgan fingerprint density at radius 2 is 2.00 bits per heavy atom. The van der Waals surface area contributed by atoms with Gasteiger partial charge >= 0.3 is 11.8 Å². The van der Waals surface area contributed by atoms with E-state index < -0.39 is 23.4 Å². The Bertz CT molecular complexity index is 1580. The number of aryl methyl sites for hydroxylation is 2. The third kappa shape index (κ3) is 3.31.